The molecule has 8 nitrogen and oxygen atoms in total. The molecule has 4 aromatic rings. The van der Waals surface area contributed by atoms with Crippen LogP contribution in [-0.2, 0) is 11.2 Å². The molecule has 4 rings (SSSR count). The number of hydrogen-bond donors (Lipinski definition) is 4. The molecule has 0 bridgehead atoms. The minimum absolute atomic E-state index is 0.0239. The number of H-pyrrole nitrogens is 2. The van der Waals surface area contributed by atoms with Crippen LogP contribution in [0.15, 0.2) is 48.7 Å². The molecule has 0 saturated heterocycles. The van der Waals surface area contributed by atoms with E-state index in [9.17, 15) is 9.59 Å². The van der Waals surface area contributed by atoms with Crippen LogP contribution in [-0.4, -0.2) is 49.1 Å². The summed E-state index contributed by atoms with van der Waals surface area (Å²) in [6.45, 7) is 0.696. The topological polar surface area (TPSA) is 108 Å². The molecule has 0 atom stereocenters. The smallest absolute Gasteiger partial charge is 0.267 e. The molecule has 0 radical (unpaired) electrons. The normalized spacial score (nSPS) is 11.0. The van der Waals surface area contributed by atoms with Crippen molar-refractivity contribution in [3.63, 3.8) is 0 Å². The summed E-state index contributed by atoms with van der Waals surface area (Å²) in [6, 6.07) is 13.5. The van der Waals surface area contributed by atoms with E-state index >= 15 is 0 Å². The predicted molar refractivity (Wildman–Crippen MR) is 128 cm³/mol. The summed E-state index contributed by atoms with van der Waals surface area (Å²) in [5.74, 6) is 0.999. The lowest BCUT2D eigenvalue weighted by Crippen LogP contribution is -2.34. The van der Waals surface area contributed by atoms with Gasteiger partial charge in [-0.25, -0.2) is 0 Å². The van der Waals surface area contributed by atoms with E-state index in [1.165, 1.54) is 10.9 Å². The molecule has 2 amide bonds. The number of carbonyl (C=O) groups excluding carboxylic acids is 2. The van der Waals surface area contributed by atoms with Gasteiger partial charge in [0.25, 0.3) is 5.91 Å². The summed E-state index contributed by atoms with van der Waals surface area (Å²) in [4.78, 5) is 31.0. The maximum absolute atomic E-state index is 12.5. The maximum atomic E-state index is 12.5. The molecular weight excluding hydrogens is 420 g/mol. The van der Waals surface area contributed by atoms with Gasteiger partial charge < -0.3 is 30.1 Å². The lowest BCUT2D eigenvalue weighted by molar-refractivity contribution is -0.121. The molecule has 33 heavy (non-hydrogen) atoms. The number of benzene rings is 2. The number of rotatable bonds is 10. The summed E-state index contributed by atoms with van der Waals surface area (Å²) < 4.78 is 10.7. The number of aryl methyl sites for hydroxylation is 1. The molecule has 2 heterocycles. The van der Waals surface area contributed by atoms with Crippen LogP contribution in [0.4, 0.5) is 0 Å². The number of aromatic amines is 2. The third-order valence-electron chi connectivity index (χ3n) is 5.66. The Kier molecular flexibility index (Phi) is 6.83. The van der Waals surface area contributed by atoms with Gasteiger partial charge in [0.1, 0.15) is 17.2 Å². The van der Waals surface area contributed by atoms with E-state index in [4.69, 9.17) is 9.47 Å². The molecular formula is C25H28N4O4. The molecule has 2 aromatic heterocycles. The summed E-state index contributed by atoms with van der Waals surface area (Å²) in [5.41, 5.74) is 3.43. The zero-order valence-electron chi connectivity index (χ0n) is 18.8. The van der Waals surface area contributed by atoms with E-state index in [0.29, 0.717) is 42.2 Å². The third kappa shape index (κ3) is 4.95. The van der Waals surface area contributed by atoms with Crippen molar-refractivity contribution in [2.75, 3.05) is 27.3 Å². The van der Waals surface area contributed by atoms with Crippen LogP contribution < -0.4 is 20.1 Å². The zero-order chi connectivity index (χ0) is 23.2. The van der Waals surface area contributed by atoms with Gasteiger partial charge in [0.2, 0.25) is 5.91 Å². The monoisotopic (exact) mass is 448 g/mol. The third-order valence-corrected chi connectivity index (χ3v) is 5.66. The molecule has 0 spiro atoms. The van der Waals surface area contributed by atoms with E-state index < -0.39 is 0 Å². The van der Waals surface area contributed by atoms with Crippen LogP contribution in [0.5, 0.6) is 11.5 Å². The van der Waals surface area contributed by atoms with Gasteiger partial charge >= 0.3 is 0 Å². The van der Waals surface area contributed by atoms with Crippen LogP contribution in [0.25, 0.3) is 21.8 Å². The second-order valence-corrected chi connectivity index (χ2v) is 7.76. The molecule has 4 N–H and O–H groups in total. The van der Waals surface area contributed by atoms with Gasteiger partial charge in [-0.1, -0.05) is 18.2 Å². The summed E-state index contributed by atoms with van der Waals surface area (Å²) in [6.07, 6.45) is 4.04. The largest absolute Gasteiger partial charge is 0.496 e. The van der Waals surface area contributed by atoms with E-state index in [2.05, 4.69) is 26.7 Å². The maximum Gasteiger partial charge on any atom is 0.267 e. The second kappa shape index (κ2) is 10.1. The van der Waals surface area contributed by atoms with Crippen molar-refractivity contribution < 1.29 is 19.1 Å². The van der Waals surface area contributed by atoms with Crippen LogP contribution in [0.3, 0.4) is 0 Å². The first-order valence-corrected chi connectivity index (χ1v) is 10.9. The minimum atomic E-state index is -0.260. The molecule has 8 heteroatoms. The lowest BCUT2D eigenvalue weighted by Gasteiger charge is -2.06. The number of fused-ring (bicyclic) bond motifs is 2. The van der Waals surface area contributed by atoms with E-state index in [1.807, 2.05) is 24.4 Å². The Morgan fingerprint density at radius 2 is 1.70 bits per heavy atom. The Morgan fingerprint density at radius 3 is 2.52 bits per heavy atom. The number of carbonyl (C=O) groups is 2. The Morgan fingerprint density at radius 1 is 0.939 bits per heavy atom. The van der Waals surface area contributed by atoms with Gasteiger partial charge in [0.05, 0.1) is 19.7 Å². The summed E-state index contributed by atoms with van der Waals surface area (Å²) in [5, 5.41) is 7.65. The highest BCUT2D eigenvalue weighted by Gasteiger charge is 2.15. The molecule has 0 saturated carbocycles. The Labute approximate surface area is 191 Å². The van der Waals surface area contributed by atoms with Crippen LogP contribution >= 0.6 is 0 Å². The quantitative estimate of drug-likeness (QED) is 0.278. The molecule has 172 valence electrons. The van der Waals surface area contributed by atoms with Crippen molar-refractivity contribution in [1.29, 1.82) is 0 Å². The molecule has 0 fully saturated rings. The van der Waals surface area contributed by atoms with Crippen molar-refractivity contribution in [3.8, 4) is 11.5 Å². The number of aromatic nitrogens is 2. The lowest BCUT2D eigenvalue weighted by atomic mass is 10.1. The number of ether oxygens (including phenoxy) is 2. The van der Waals surface area contributed by atoms with Gasteiger partial charge in [-0.2, -0.15) is 0 Å². The van der Waals surface area contributed by atoms with Crippen LogP contribution in [0, 0.1) is 0 Å². The average Bonchev–Trinajstić information content (AvgIpc) is 3.46. The molecule has 2 aromatic carbocycles. The first-order valence-electron chi connectivity index (χ1n) is 10.9. The van der Waals surface area contributed by atoms with Gasteiger partial charge in [-0.3, -0.25) is 9.59 Å². The number of amides is 2. The first-order chi connectivity index (χ1) is 16.1. The molecule has 0 aliphatic rings. The predicted octanol–water partition coefficient (Wildman–Crippen LogP) is 3.54. The Hall–Kier alpha value is -3.94. The molecule has 0 aliphatic heterocycles. The second-order valence-electron chi connectivity index (χ2n) is 7.76. The number of hydrogen-bond acceptors (Lipinski definition) is 4. The minimum Gasteiger partial charge on any atom is -0.496 e. The van der Waals surface area contributed by atoms with Crippen molar-refractivity contribution in [3.05, 3.63) is 59.9 Å². The average molecular weight is 449 g/mol. The molecule has 0 unspecified atom stereocenters. The van der Waals surface area contributed by atoms with Gasteiger partial charge in [-0.05, 0) is 42.7 Å². The van der Waals surface area contributed by atoms with E-state index in [0.717, 1.165) is 23.7 Å². The highest BCUT2D eigenvalue weighted by molar-refractivity contribution is 6.01. The SMILES string of the molecule is COc1ccc(OC)c2[nH]c(C(=O)NCCNC(=O)CCCc3c[nH]c4ccccc34)cc12. The zero-order valence-corrected chi connectivity index (χ0v) is 18.8. The van der Waals surface area contributed by atoms with Crippen molar-refractivity contribution in [2.45, 2.75) is 19.3 Å². The highest BCUT2D eigenvalue weighted by atomic mass is 16.5. The fourth-order valence-electron chi connectivity index (χ4n) is 3.98. The van der Waals surface area contributed by atoms with Crippen LogP contribution in [0.2, 0.25) is 0 Å². The van der Waals surface area contributed by atoms with E-state index in [-0.39, 0.29) is 11.8 Å². The molecule has 0 aliphatic carbocycles. The fourth-order valence-corrected chi connectivity index (χ4v) is 3.98. The standard InChI is InChI=1S/C25H28N4O4/c1-32-21-10-11-22(33-2)24-18(21)14-20(29-24)25(31)27-13-12-26-23(30)9-5-6-16-15-28-19-8-4-3-7-17(16)19/h3-4,7-8,10-11,14-15,28-29H,5-6,9,12-13H2,1-2H3,(H,26,30)(H,27,31). The first kappa shape index (κ1) is 22.3. The Balaban J connectivity index is 1.22. The highest BCUT2D eigenvalue weighted by Crippen LogP contribution is 2.33. The number of methoxy groups -OCH3 is 2. The van der Waals surface area contributed by atoms with Crippen molar-refractivity contribution in [1.82, 2.24) is 20.6 Å². The summed E-state index contributed by atoms with van der Waals surface area (Å²) in [7, 11) is 3.15. The summed E-state index contributed by atoms with van der Waals surface area (Å²) >= 11 is 0. The van der Waals surface area contributed by atoms with E-state index in [1.54, 1.807) is 32.4 Å². The Bertz CT molecular complexity index is 1230. The van der Waals surface area contributed by atoms with Gasteiger partial charge in [0, 0.05) is 42.0 Å². The number of nitrogens with one attached hydrogen (secondary N) is 4. The van der Waals surface area contributed by atoms with Crippen molar-refractivity contribution in [2.24, 2.45) is 0 Å². The fraction of sp³-hybridized carbons (Fsp3) is 0.280. The van der Waals surface area contributed by atoms with Crippen molar-refractivity contribution >= 4 is 33.6 Å². The van der Waals surface area contributed by atoms with Crippen LogP contribution in [0.1, 0.15) is 28.9 Å². The number of para-hydroxylation sites is 1. The van der Waals surface area contributed by atoms with Gasteiger partial charge in [0.15, 0.2) is 0 Å². The van der Waals surface area contributed by atoms with Gasteiger partial charge in [-0.15, -0.1) is 0 Å².